The van der Waals surface area contributed by atoms with Crippen molar-refractivity contribution in [3.63, 3.8) is 0 Å². The SMILES string of the molecule is CCOC[C@@H]1OC(CO)[C@@H](CO)C(O)[C@@H]1C. The van der Waals surface area contributed by atoms with E-state index in [1.165, 1.54) is 0 Å². The fourth-order valence-electron chi connectivity index (χ4n) is 2.11. The second-order valence-electron chi connectivity index (χ2n) is 4.25. The molecular formula is C11H22O5. The number of ether oxygens (including phenoxy) is 2. The van der Waals surface area contributed by atoms with Gasteiger partial charge in [0, 0.05) is 18.4 Å². The number of hydrogen-bond donors (Lipinski definition) is 3. The predicted molar refractivity (Wildman–Crippen MR) is 58.0 cm³/mol. The van der Waals surface area contributed by atoms with E-state index >= 15 is 0 Å². The summed E-state index contributed by atoms with van der Waals surface area (Å²) in [6, 6.07) is 0. The van der Waals surface area contributed by atoms with Crippen LogP contribution in [0.3, 0.4) is 0 Å². The average molecular weight is 234 g/mol. The Balaban J connectivity index is 2.63. The molecule has 96 valence electrons. The lowest BCUT2D eigenvalue weighted by atomic mass is 9.82. The van der Waals surface area contributed by atoms with Crippen molar-refractivity contribution in [3.8, 4) is 0 Å². The summed E-state index contributed by atoms with van der Waals surface area (Å²) in [6.07, 6.45) is -1.40. The zero-order valence-electron chi connectivity index (χ0n) is 9.87. The van der Waals surface area contributed by atoms with Crippen molar-refractivity contribution in [2.45, 2.75) is 32.2 Å². The van der Waals surface area contributed by atoms with Gasteiger partial charge in [0.05, 0.1) is 38.1 Å². The van der Waals surface area contributed by atoms with E-state index in [9.17, 15) is 5.11 Å². The van der Waals surface area contributed by atoms with Gasteiger partial charge < -0.3 is 24.8 Å². The highest BCUT2D eigenvalue weighted by molar-refractivity contribution is 4.89. The van der Waals surface area contributed by atoms with Gasteiger partial charge in [0.1, 0.15) is 0 Å². The van der Waals surface area contributed by atoms with Crippen LogP contribution in [0.5, 0.6) is 0 Å². The van der Waals surface area contributed by atoms with Crippen LogP contribution in [-0.2, 0) is 9.47 Å². The monoisotopic (exact) mass is 234 g/mol. The smallest absolute Gasteiger partial charge is 0.0885 e. The van der Waals surface area contributed by atoms with Crippen LogP contribution in [0, 0.1) is 11.8 Å². The summed E-state index contributed by atoms with van der Waals surface area (Å²) in [5.74, 6) is -0.524. The fraction of sp³-hybridized carbons (Fsp3) is 1.00. The maximum absolute atomic E-state index is 10.0. The van der Waals surface area contributed by atoms with E-state index < -0.39 is 18.1 Å². The van der Waals surface area contributed by atoms with Gasteiger partial charge in [-0.3, -0.25) is 0 Å². The molecule has 0 amide bonds. The van der Waals surface area contributed by atoms with E-state index in [1.54, 1.807) is 0 Å². The first-order valence-corrected chi connectivity index (χ1v) is 5.78. The van der Waals surface area contributed by atoms with E-state index in [4.69, 9.17) is 19.7 Å². The molecular weight excluding hydrogens is 212 g/mol. The maximum atomic E-state index is 10.0. The zero-order chi connectivity index (χ0) is 12.1. The van der Waals surface area contributed by atoms with Gasteiger partial charge in [-0.25, -0.2) is 0 Å². The maximum Gasteiger partial charge on any atom is 0.0885 e. The average Bonchev–Trinajstić information content (AvgIpc) is 2.30. The fourth-order valence-corrected chi connectivity index (χ4v) is 2.11. The third-order valence-corrected chi connectivity index (χ3v) is 3.27. The summed E-state index contributed by atoms with van der Waals surface area (Å²) >= 11 is 0. The lowest BCUT2D eigenvalue weighted by Crippen LogP contribution is -2.53. The molecule has 1 aliphatic rings. The second kappa shape index (κ2) is 6.51. The van der Waals surface area contributed by atoms with Crippen molar-refractivity contribution in [2.24, 2.45) is 11.8 Å². The Kier molecular flexibility index (Phi) is 5.64. The van der Waals surface area contributed by atoms with Crippen molar-refractivity contribution < 1.29 is 24.8 Å². The molecule has 0 radical (unpaired) electrons. The normalized spacial score (nSPS) is 39.9. The second-order valence-corrected chi connectivity index (χ2v) is 4.25. The zero-order valence-corrected chi connectivity index (χ0v) is 9.87. The molecule has 0 spiro atoms. The minimum Gasteiger partial charge on any atom is -0.396 e. The van der Waals surface area contributed by atoms with Crippen LogP contribution >= 0.6 is 0 Å². The van der Waals surface area contributed by atoms with Crippen LogP contribution in [0.25, 0.3) is 0 Å². The molecule has 3 N–H and O–H groups in total. The van der Waals surface area contributed by atoms with Crippen LogP contribution < -0.4 is 0 Å². The molecule has 0 aromatic heterocycles. The van der Waals surface area contributed by atoms with Gasteiger partial charge in [-0.2, -0.15) is 0 Å². The summed E-state index contributed by atoms with van der Waals surface area (Å²) in [7, 11) is 0. The molecule has 1 aliphatic heterocycles. The predicted octanol–water partition coefficient (Wildman–Crippen LogP) is -0.612. The van der Waals surface area contributed by atoms with Gasteiger partial charge in [-0.15, -0.1) is 0 Å². The molecule has 0 aromatic rings. The molecule has 1 fully saturated rings. The van der Waals surface area contributed by atoms with Crippen molar-refractivity contribution in [3.05, 3.63) is 0 Å². The largest absolute Gasteiger partial charge is 0.396 e. The number of aliphatic hydroxyl groups excluding tert-OH is 3. The van der Waals surface area contributed by atoms with Crippen LogP contribution in [0.15, 0.2) is 0 Å². The lowest BCUT2D eigenvalue weighted by Gasteiger charge is -2.42. The quantitative estimate of drug-likeness (QED) is 0.591. The van der Waals surface area contributed by atoms with Gasteiger partial charge in [-0.1, -0.05) is 6.92 Å². The molecule has 0 aromatic carbocycles. The van der Waals surface area contributed by atoms with Crippen LogP contribution in [0.1, 0.15) is 13.8 Å². The van der Waals surface area contributed by atoms with Crippen LogP contribution in [0.4, 0.5) is 0 Å². The van der Waals surface area contributed by atoms with Crippen LogP contribution in [0.2, 0.25) is 0 Å². The van der Waals surface area contributed by atoms with Gasteiger partial charge in [0.15, 0.2) is 0 Å². The Hall–Kier alpha value is -0.200. The van der Waals surface area contributed by atoms with E-state index in [2.05, 4.69) is 0 Å². The summed E-state index contributed by atoms with van der Waals surface area (Å²) < 4.78 is 10.9. The molecule has 1 rings (SSSR count). The summed E-state index contributed by atoms with van der Waals surface area (Å²) in [5, 5.41) is 28.3. The topological polar surface area (TPSA) is 79.2 Å². The Bertz CT molecular complexity index is 197. The van der Waals surface area contributed by atoms with Crippen molar-refractivity contribution >= 4 is 0 Å². The third kappa shape index (κ3) is 2.93. The Labute approximate surface area is 96.0 Å². The first-order valence-electron chi connectivity index (χ1n) is 5.78. The molecule has 16 heavy (non-hydrogen) atoms. The van der Waals surface area contributed by atoms with Gasteiger partial charge in [-0.05, 0) is 6.92 Å². The van der Waals surface area contributed by atoms with Crippen LogP contribution in [-0.4, -0.2) is 60.1 Å². The Morgan fingerprint density at radius 1 is 1.19 bits per heavy atom. The molecule has 5 atom stereocenters. The molecule has 1 heterocycles. The standard InChI is InChI=1S/C11H22O5/c1-3-15-6-10-7(2)11(14)8(4-12)9(5-13)16-10/h7-14H,3-6H2,1-2H3/t7-,8-,9?,10+,11?/m1/s1. The number of rotatable bonds is 5. The number of aliphatic hydroxyl groups is 3. The van der Waals surface area contributed by atoms with E-state index in [1.807, 2.05) is 13.8 Å². The van der Waals surface area contributed by atoms with E-state index in [-0.39, 0.29) is 25.2 Å². The highest BCUT2D eigenvalue weighted by Gasteiger charge is 2.42. The first kappa shape index (κ1) is 13.9. The van der Waals surface area contributed by atoms with Crippen molar-refractivity contribution in [1.82, 2.24) is 0 Å². The van der Waals surface area contributed by atoms with E-state index in [0.29, 0.717) is 13.2 Å². The molecule has 0 saturated carbocycles. The molecule has 2 unspecified atom stereocenters. The molecule has 1 saturated heterocycles. The minimum absolute atomic E-state index is 0.105. The first-order chi connectivity index (χ1) is 7.65. The summed E-state index contributed by atoms with van der Waals surface area (Å²) in [5.41, 5.74) is 0. The van der Waals surface area contributed by atoms with Crippen molar-refractivity contribution in [2.75, 3.05) is 26.4 Å². The lowest BCUT2D eigenvalue weighted by molar-refractivity contribution is -0.200. The highest BCUT2D eigenvalue weighted by atomic mass is 16.5. The van der Waals surface area contributed by atoms with Crippen molar-refractivity contribution in [1.29, 1.82) is 0 Å². The summed E-state index contributed by atoms with van der Waals surface area (Å²) in [6.45, 7) is 4.38. The third-order valence-electron chi connectivity index (χ3n) is 3.27. The van der Waals surface area contributed by atoms with E-state index in [0.717, 1.165) is 0 Å². The Morgan fingerprint density at radius 3 is 2.38 bits per heavy atom. The van der Waals surface area contributed by atoms with Gasteiger partial charge in [0.2, 0.25) is 0 Å². The molecule has 5 heteroatoms. The Morgan fingerprint density at radius 2 is 1.88 bits per heavy atom. The minimum atomic E-state index is -0.665. The molecule has 0 bridgehead atoms. The van der Waals surface area contributed by atoms with Gasteiger partial charge in [0.25, 0.3) is 0 Å². The number of hydrogen-bond acceptors (Lipinski definition) is 5. The summed E-state index contributed by atoms with van der Waals surface area (Å²) in [4.78, 5) is 0. The van der Waals surface area contributed by atoms with Gasteiger partial charge >= 0.3 is 0 Å². The molecule has 5 nitrogen and oxygen atoms in total. The highest BCUT2D eigenvalue weighted by Crippen LogP contribution is 2.30. The molecule has 0 aliphatic carbocycles.